The van der Waals surface area contributed by atoms with E-state index in [1.807, 2.05) is 31.0 Å². The zero-order valence-corrected chi connectivity index (χ0v) is 21.2. The Bertz CT molecular complexity index is 1130. The Kier molecular flexibility index (Phi) is 7.10. The van der Waals surface area contributed by atoms with Crippen molar-refractivity contribution in [2.45, 2.75) is 59.5 Å². The van der Waals surface area contributed by atoms with Crippen LogP contribution in [0, 0.1) is 18.3 Å². The summed E-state index contributed by atoms with van der Waals surface area (Å²) >= 11 is 0. The molecule has 2 aromatic rings. The third-order valence-corrected chi connectivity index (χ3v) is 6.73. The number of ether oxygens (including phenoxy) is 1. The van der Waals surface area contributed by atoms with Gasteiger partial charge in [0.2, 0.25) is 5.91 Å². The average molecular weight is 474 g/mol. The van der Waals surface area contributed by atoms with Gasteiger partial charge < -0.3 is 15.0 Å². The monoisotopic (exact) mass is 473 g/mol. The number of rotatable bonds is 6. The Morgan fingerprint density at radius 1 is 1.09 bits per heavy atom. The van der Waals surface area contributed by atoms with Crippen LogP contribution in [0.3, 0.4) is 0 Å². The number of hydrogen-bond donors (Lipinski definition) is 1. The minimum atomic E-state index is -0.686. The van der Waals surface area contributed by atoms with E-state index < -0.39 is 12.1 Å². The first-order valence-corrected chi connectivity index (χ1v) is 12.3. The molecule has 2 aromatic carbocycles. The Labute approximate surface area is 208 Å². The van der Waals surface area contributed by atoms with Crippen molar-refractivity contribution in [3.8, 4) is 5.75 Å². The summed E-state index contributed by atoms with van der Waals surface area (Å²) in [6, 6.07) is 16.5. The highest BCUT2D eigenvalue weighted by Crippen LogP contribution is 2.38. The van der Waals surface area contributed by atoms with E-state index in [4.69, 9.17) is 9.73 Å². The smallest absolute Gasteiger partial charge is 0.410 e. The van der Waals surface area contributed by atoms with Gasteiger partial charge in [-0.2, -0.15) is 0 Å². The number of aryl methyl sites for hydroxylation is 1. The third kappa shape index (κ3) is 5.81. The second-order valence-electron chi connectivity index (χ2n) is 10.7. The first kappa shape index (κ1) is 24.7. The summed E-state index contributed by atoms with van der Waals surface area (Å²) in [5, 5.41) is 2.81. The Morgan fingerprint density at radius 3 is 2.43 bits per heavy atom. The number of nitrogens with zero attached hydrogens (tertiary/aromatic N) is 2. The van der Waals surface area contributed by atoms with E-state index in [-0.39, 0.29) is 23.3 Å². The van der Waals surface area contributed by atoms with Crippen molar-refractivity contribution in [3.05, 3.63) is 71.9 Å². The van der Waals surface area contributed by atoms with E-state index in [2.05, 4.69) is 50.4 Å². The van der Waals surface area contributed by atoms with Gasteiger partial charge in [-0.25, -0.2) is 4.79 Å². The fourth-order valence-corrected chi connectivity index (χ4v) is 4.84. The van der Waals surface area contributed by atoms with Crippen molar-refractivity contribution < 1.29 is 14.3 Å². The van der Waals surface area contributed by atoms with Gasteiger partial charge in [-0.1, -0.05) is 75.7 Å². The van der Waals surface area contributed by atoms with Gasteiger partial charge in [-0.15, -0.1) is 0 Å². The highest BCUT2D eigenvalue weighted by molar-refractivity contribution is 6.04. The van der Waals surface area contributed by atoms with Crippen molar-refractivity contribution in [1.29, 1.82) is 0 Å². The van der Waals surface area contributed by atoms with Crippen LogP contribution in [0.25, 0.3) is 5.57 Å². The molecule has 6 nitrogen and oxygen atoms in total. The van der Waals surface area contributed by atoms with Crippen LogP contribution in [-0.4, -0.2) is 41.2 Å². The fourth-order valence-electron chi connectivity index (χ4n) is 4.84. The summed E-state index contributed by atoms with van der Waals surface area (Å²) in [5.41, 5.74) is 4.52. The van der Waals surface area contributed by atoms with Gasteiger partial charge in [0.15, 0.2) is 0 Å². The zero-order valence-electron chi connectivity index (χ0n) is 21.2. The van der Waals surface area contributed by atoms with Crippen LogP contribution >= 0.6 is 0 Å². The molecular formula is C29H35N3O3. The van der Waals surface area contributed by atoms with Crippen LogP contribution in [0.1, 0.15) is 51.7 Å². The largest absolute Gasteiger partial charge is 0.413 e. The molecule has 6 heteroatoms. The highest BCUT2D eigenvalue weighted by Gasteiger charge is 2.45. The predicted octanol–water partition coefficient (Wildman–Crippen LogP) is 5.62. The fraction of sp³-hybridized carbons (Fsp3) is 0.414. The predicted molar refractivity (Wildman–Crippen MR) is 139 cm³/mol. The molecule has 0 saturated carbocycles. The van der Waals surface area contributed by atoms with E-state index in [0.717, 1.165) is 24.1 Å². The zero-order chi connectivity index (χ0) is 25.2. The second-order valence-corrected chi connectivity index (χ2v) is 10.7. The third-order valence-electron chi connectivity index (χ3n) is 6.73. The van der Waals surface area contributed by atoms with Crippen LogP contribution < -0.4 is 10.1 Å². The molecule has 2 atom stereocenters. The molecular weight excluding hydrogens is 438 g/mol. The summed E-state index contributed by atoms with van der Waals surface area (Å²) in [7, 11) is 0. The quantitative estimate of drug-likeness (QED) is 0.592. The molecule has 0 radical (unpaired) electrons. The second kappa shape index (κ2) is 10.1. The van der Waals surface area contributed by atoms with Crippen molar-refractivity contribution in [1.82, 2.24) is 10.2 Å². The van der Waals surface area contributed by atoms with Crippen molar-refractivity contribution in [2.75, 3.05) is 6.54 Å². The first-order chi connectivity index (χ1) is 16.6. The Morgan fingerprint density at radius 2 is 1.77 bits per heavy atom. The molecule has 1 N–H and O–H groups in total. The topological polar surface area (TPSA) is 71.0 Å². The molecule has 2 heterocycles. The molecule has 2 aliphatic heterocycles. The molecule has 0 spiro atoms. The van der Waals surface area contributed by atoms with E-state index >= 15 is 0 Å². The van der Waals surface area contributed by atoms with Crippen LogP contribution in [0.4, 0.5) is 4.79 Å². The maximum atomic E-state index is 13.8. The van der Waals surface area contributed by atoms with Crippen molar-refractivity contribution in [2.24, 2.45) is 16.3 Å². The summed E-state index contributed by atoms with van der Waals surface area (Å²) < 4.78 is 5.39. The van der Waals surface area contributed by atoms with Crippen LogP contribution in [0.2, 0.25) is 0 Å². The van der Waals surface area contributed by atoms with Gasteiger partial charge in [0, 0.05) is 24.9 Å². The number of hydrogen-bond acceptors (Lipinski definition) is 4. The molecule has 0 aliphatic carbocycles. The Balaban J connectivity index is 1.48. The van der Waals surface area contributed by atoms with Gasteiger partial charge in [-0.05, 0) is 47.9 Å². The number of nitrogens with one attached hydrogen (secondary N) is 1. The number of likely N-dealkylation sites (tertiary alicyclic amines) is 1. The molecule has 35 heavy (non-hydrogen) atoms. The van der Waals surface area contributed by atoms with Gasteiger partial charge in [0.05, 0.1) is 6.04 Å². The number of aliphatic imine (C=N–C) groups is 1. The normalized spacial score (nSPS) is 19.8. The Hall–Kier alpha value is -3.41. The summed E-state index contributed by atoms with van der Waals surface area (Å²) in [6.07, 6.45) is 2.87. The first-order valence-electron chi connectivity index (χ1n) is 12.3. The molecule has 0 aromatic heterocycles. The standard InChI is InChI=1S/C29H35N3O3/c1-19(2)26(31-28(34)35-23-9-7-6-8-10-23)27(33)32-18-29(4,5)16-25(32)24-15-22(17-30-24)21-13-11-20(3)12-14-21/h6-14,17,19,25-26H,15-16,18H2,1-5H3,(H,31,34)/t25-,26-/m0/s1. The number of benzene rings is 2. The molecule has 1 saturated heterocycles. The number of amides is 2. The van der Waals surface area contributed by atoms with Gasteiger partial charge in [0.25, 0.3) is 0 Å². The van der Waals surface area contributed by atoms with Crippen molar-refractivity contribution >= 4 is 23.3 Å². The molecule has 2 amide bonds. The van der Waals surface area contributed by atoms with E-state index in [1.165, 1.54) is 11.1 Å². The number of carbonyl (C=O) groups excluding carboxylic acids is 2. The SMILES string of the molecule is Cc1ccc(C2=CN=C([C@@H]3CC(C)(C)CN3C(=O)[C@@H](NC(=O)Oc3ccccc3)C(C)C)C2)cc1. The van der Waals surface area contributed by atoms with Crippen LogP contribution in [0.5, 0.6) is 5.75 Å². The summed E-state index contributed by atoms with van der Waals surface area (Å²) in [4.78, 5) is 33.1. The number of para-hydroxylation sites is 1. The molecule has 184 valence electrons. The van der Waals surface area contributed by atoms with Crippen LogP contribution in [-0.2, 0) is 4.79 Å². The molecule has 4 rings (SSSR count). The minimum Gasteiger partial charge on any atom is -0.410 e. The minimum absolute atomic E-state index is 0.0401. The lowest BCUT2D eigenvalue weighted by Crippen LogP contribution is -2.54. The van der Waals surface area contributed by atoms with Gasteiger partial charge in [-0.3, -0.25) is 9.79 Å². The van der Waals surface area contributed by atoms with E-state index in [0.29, 0.717) is 12.3 Å². The summed E-state index contributed by atoms with van der Waals surface area (Å²) in [5.74, 6) is 0.254. The lowest BCUT2D eigenvalue weighted by molar-refractivity contribution is -0.134. The van der Waals surface area contributed by atoms with E-state index in [9.17, 15) is 9.59 Å². The van der Waals surface area contributed by atoms with Crippen molar-refractivity contribution in [3.63, 3.8) is 0 Å². The maximum absolute atomic E-state index is 13.8. The lowest BCUT2D eigenvalue weighted by Gasteiger charge is -2.31. The molecule has 0 bridgehead atoms. The van der Waals surface area contributed by atoms with Gasteiger partial charge in [0.1, 0.15) is 11.8 Å². The molecule has 0 unspecified atom stereocenters. The molecule has 2 aliphatic rings. The van der Waals surface area contributed by atoms with Crippen LogP contribution in [0.15, 0.2) is 65.8 Å². The summed E-state index contributed by atoms with van der Waals surface area (Å²) in [6.45, 7) is 10.9. The lowest BCUT2D eigenvalue weighted by atomic mass is 9.88. The number of allylic oxidation sites excluding steroid dienone is 1. The van der Waals surface area contributed by atoms with Gasteiger partial charge >= 0.3 is 6.09 Å². The highest BCUT2D eigenvalue weighted by atomic mass is 16.6. The average Bonchev–Trinajstić information content (AvgIpc) is 3.42. The number of carbonyl (C=O) groups is 2. The maximum Gasteiger partial charge on any atom is 0.413 e. The van der Waals surface area contributed by atoms with E-state index in [1.54, 1.807) is 24.3 Å². The molecule has 1 fully saturated rings.